The summed E-state index contributed by atoms with van der Waals surface area (Å²) in [5, 5.41) is 2.85. The predicted molar refractivity (Wildman–Crippen MR) is 96.5 cm³/mol. The molecule has 1 N–H and O–H groups in total. The van der Waals surface area contributed by atoms with E-state index < -0.39 is 10.0 Å². The van der Waals surface area contributed by atoms with Crippen LogP contribution >= 0.6 is 11.5 Å². The number of carbonyl (C=O) groups is 1. The summed E-state index contributed by atoms with van der Waals surface area (Å²) in [6.45, 7) is 6.01. The lowest BCUT2D eigenvalue weighted by molar-refractivity contribution is 0.102. The van der Waals surface area contributed by atoms with E-state index in [1.54, 1.807) is 19.1 Å². The highest BCUT2D eigenvalue weighted by atomic mass is 32.2. The van der Waals surface area contributed by atoms with Gasteiger partial charge in [0.25, 0.3) is 5.91 Å². The largest absolute Gasteiger partial charge is 0.322 e. The van der Waals surface area contributed by atoms with Crippen LogP contribution in [0.4, 0.5) is 11.4 Å². The highest BCUT2D eigenvalue weighted by molar-refractivity contribution is 7.93. The van der Waals surface area contributed by atoms with Crippen LogP contribution in [0, 0.1) is 20.8 Å². The maximum Gasteiger partial charge on any atom is 0.258 e. The van der Waals surface area contributed by atoms with Crippen LogP contribution in [0.5, 0.6) is 0 Å². The molecule has 3 rings (SSSR count). The van der Waals surface area contributed by atoms with Gasteiger partial charge < -0.3 is 5.32 Å². The molecule has 1 aliphatic heterocycles. The number of sulfonamides is 1. The second kappa shape index (κ2) is 6.18. The number of hydrogen-bond donors (Lipinski definition) is 1. The number of hydrogen-bond acceptors (Lipinski definition) is 5. The van der Waals surface area contributed by atoms with E-state index in [0.29, 0.717) is 35.6 Å². The van der Waals surface area contributed by atoms with Crippen LogP contribution in [0.3, 0.4) is 0 Å². The lowest BCUT2D eigenvalue weighted by Crippen LogP contribution is -2.26. The van der Waals surface area contributed by atoms with Gasteiger partial charge in [-0.25, -0.2) is 8.42 Å². The van der Waals surface area contributed by atoms with Gasteiger partial charge in [0, 0.05) is 17.1 Å². The second-order valence-electron chi connectivity index (χ2n) is 5.90. The van der Waals surface area contributed by atoms with Crippen molar-refractivity contribution in [3.05, 3.63) is 39.9 Å². The minimum atomic E-state index is -3.25. The number of benzene rings is 1. The molecule has 0 atom stereocenters. The van der Waals surface area contributed by atoms with Gasteiger partial charge in [0.05, 0.1) is 22.7 Å². The number of aryl methyl sites for hydroxylation is 3. The first kappa shape index (κ1) is 16.9. The third-order valence-electron chi connectivity index (χ3n) is 4.10. The van der Waals surface area contributed by atoms with Gasteiger partial charge in [-0.3, -0.25) is 9.10 Å². The van der Waals surface area contributed by atoms with E-state index in [1.165, 1.54) is 15.8 Å². The third-order valence-corrected chi connectivity index (χ3v) is 6.79. The summed E-state index contributed by atoms with van der Waals surface area (Å²) in [6.07, 6.45) is 0.622. The van der Waals surface area contributed by atoms with E-state index in [0.717, 1.165) is 10.4 Å². The van der Waals surface area contributed by atoms with Crippen molar-refractivity contribution in [2.75, 3.05) is 21.9 Å². The Hall–Kier alpha value is -1.93. The predicted octanol–water partition coefficient (Wildman–Crippen LogP) is 2.86. The summed E-state index contributed by atoms with van der Waals surface area (Å²) in [5.74, 6) is -0.0556. The zero-order valence-electron chi connectivity index (χ0n) is 13.8. The Morgan fingerprint density at radius 3 is 2.62 bits per heavy atom. The zero-order valence-corrected chi connectivity index (χ0v) is 15.4. The van der Waals surface area contributed by atoms with Crippen LogP contribution in [-0.2, 0) is 10.0 Å². The van der Waals surface area contributed by atoms with Crippen LogP contribution < -0.4 is 9.62 Å². The number of nitrogens with one attached hydrogen (secondary N) is 1. The second-order valence-corrected chi connectivity index (χ2v) is 8.89. The summed E-state index contributed by atoms with van der Waals surface area (Å²) in [7, 11) is -3.25. The van der Waals surface area contributed by atoms with Gasteiger partial charge in [0.1, 0.15) is 0 Å². The Bertz CT molecular complexity index is 884. The molecule has 24 heavy (non-hydrogen) atoms. The fourth-order valence-corrected chi connectivity index (χ4v) is 5.18. The molecule has 0 spiro atoms. The van der Waals surface area contributed by atoms with E-state index >= 15 is 0 Å². The molecule has 2 aromatic rings. The van der Waals surface area contributed by atoms with Crippen LogP contribution in [-0.4, -0.2) is 31.0 Å². The Morgan fingerprint density at radius 2 is 2.04 bits per heavy atom. The minimum absolute atomic E-state index is 0.169. The maximum absolute atomic E-state index is 12.5. The lowest BCUT2D eigenvalue weighted by Gasteiger charge is -2.20. The molecule has 0 unspecified atom stereocenters. The smallest absolute Gasteiger partial charge is 0.258 e. The van der Waals surface area contributed by atoms with Crippen LogP contribution in [0.2, 0.25) is 0 Å². The van der Waals surface area contributed by atoms with E-state index in [-0.39, 0.29) is 11.7 Å². The molecule has 2 heterocycles. The SMILES string of the molecule is Cc1ccc(NC(=O)c2c(C)nsc2C)cc1N1CCCS1(=O)=O. The monoisotopic (exact) mass is 365 g/mol. The van der Waals surface area contributed by atoms with Gasteiger partial charge >= 0.3 is 0 Å². The molecule has 1 aromatic heterocycles. The first-order valence-electron chi connectivity index (χ1n) is 7.65. The molecule has 0 aliphatic carbocycles. The molecule has 1 amide bonds. The summed E-state index contributed by atoms with van der Waals surface area (Å²) in [6, 6.07) is 5.33. The molecule has 128 valence electrons. The number of nitrogens with zero attached hydrogens (tertiary/aromatic N) is 2. The summed E-state index contributed by atoms with van der Waals surface area (Å²) in [4.78, 5) is 13.3. The van der Waals surface area contributed by atoms with Crippen molar-refractivity contribution in [2.45, 2.75) is 27.2 Å². The normalized spacial score (nSPS) is 16.4. The Morgan fingerprint density at radius 1 is 1.29 bits per heavy atom. The van der Waals surface area contributed by atoms with E-state index in [4.69, 9.17) is 0 Å². The molecule has 0 radical (unpaired) electrons. The van der Waals surface area contributed by atoms with Crippen molar-refractivity contribution >= 4 is 38.8 Å². The number of carbonyl (C=O) groups excluding carboxylic acids is 1. The van der Waals surface area contributed by atoms with Gasteiger partial charge in [-0.2, -0.15) is 4.37 Å². The molecular formula is C16H19N3O3S2. The molecule has 1 aromatic carbocycles. The zero-order chi connectivity index (χ0) is 17.5. The Labute approximate surface area is 145 Å². The van der Waals surface area contributed by atoms with Crippen molar-refractivity contribution in [1.29, 1.82) is 0 Å². The van der Waals surface area contributed by atoms with Crippen LogP contribution in [0.25, 0.3) is 0 Å². The minimum Gasteiger partial charge on any atom is -0.322 e. The molecule has 6 nitrogen and oxygen atoms in total. The van der Waals surface area contributed by atoms with Gasteiger partial charge in [-0.1, -0.05) is 6.07 Å². The maximum atomic E-state index is 12.5. The first-order valence-corrected chi connectivity index (χ1v) is 10.0. The standard InChI is InChI=1S/C16H19N3O3S2/c1-10-5-6-13(9-14(10)19-7-4-8-24(19,21)22)17-16(20)15-11(2)18-23-12(15)3/h5-6,9H,4,7-8H2,1-3H3,(H,17,20). The molecule has 0 bridgehead atoms. The fraction of sp³-hybridized carbons (Fsp3) is 0.375. The Kier molecular flexibility index (Phi) is 4.35. The van der Waals surface area contributed by atoms with Crippen LogP contribution in [0.1, 0.15) is 32.9 Å². The highest BCUT2D eigenvalue weighted by Gasteiger charge is 2.29. The summed E-state index contributed by atoms with van der Waals surface area (Å²) < 4.78 is 29.9. The summed E-state index contributed by atoms with van der Waals surface area (Å²) >= 11 is 1.30. The van der Waals surface area contributed by atoms with Crippen molar-refractivity contribution < 1.29 is 13.2 Å². The van der Waals surface area contributed by atoms with Gasteiger partial charge in [-0.15, -0.1) is 0 Å². The first-order chi connectivity index (χ1) is 11.3. The Balaban J connectivity index is 1.91. The van der Waals surface area contributed by atoms with Crippen molar-refractivity contribution in [1.82, 2.24) is 4.37 Å². The molecule has 0 saturated carbocycles. The number of amides is 1. The highest BCUT2D eigenvalue weighted by Crippen LogP contribution is 2.30. The third kappa shape index (κ3) is 3.03. The van der Waals surface area contributed by atoms with Gasteiger partial charge in [0.15, 0.2) is 0 Å². The van der Waals surface area contributed by atoms with Crippen molar-refractivity contribution in [3.8, 4) is 0 Å². The quantitative estimate of drug-likeness (QED) is 0.907. The topological polar surface area (TPSA) is 79.4 Å². The van der Waals surface area contributed by atoms with E-state index in [1.807, 2.05) is 19.9 Å². The van der Waals surface area contributed by atoms with E-state index in [2.05, 4.69) is 9.69 Å². The molecular weight excluding hydrogens is 346 g/mol. The number of rotatable bonds is 3. The van der Waals surface area contributed by atoms with Gasteiger partial charge in [-0.05, 0) is 56.4 Å². The number of aromatic nitrogens is 1. The molecule has 8 heteroatoms. The fourth-order valence-electron chi connectivity index (χ4n) is 2.87. The molecule has 1 fully saturated rings. The lowest BCUT2D eigenvalue weighted by atomic mass is 10.1. The average Bonchev–Trinajstić information content (AvgIpc) is 3.03. The summed E-state index contributed by atoms with van der Waals surface area (Å²) in [5.41, 5.74) is 3.35. The average molecular weight is 365 g/mol. The molecule has 1 aliphatic rings. The number of anilines is 2. The molecule has 1 saturated heterocycles. The van der Waals surface area contributed by atoms with Crippen LogP contribution in [0.15, 0.2) is 18.2 Å². The van der Waals surface area contributed by atoms with Gasteiger partial charge in [0.2, 0.25) is 10.0 Å². The van der Waals surface area contributed by atoms with Crippen molar-refractivity contribution in [3.63, 3.8) is 0 Å². The van der Waals surface area contributed by atoms with E-state index in [9.17, 15) is 13.2 Å². The van der Waals surface area contributed by atoms with Crippen molar-refractivity contribution in [2.24, 2.45) is 0 Å².